The number of carboxylic acid groups (broad SMARTS) is 1. The Kier molecular flexibility index (Phi) is 6.62. The minimum Gasteiger partial charge on any atom is -0.481 e. The third-order valence-electron chi connectivity index (χ3n) is 3.02. The molecule has 1 atom stereocenters. The summed E-state index contributed by atoms with van der Waals surface area (Å²) in [5, 5.41) is 11.3. The number of amides is 1. The number of carboxylic acids is 1. The fourth-order valence-corrected chi connectivity index (χ4v) is 2.34. The van der Waals surface area contributed by atoms with Crippen LogP contribution in [-0.4, -0.2) is 23.5 Å². The zero-order valence-corrected chi connectivity index (χ0v) is 12.8. The molecule has 0 fully saturated rings. The molecule has 0 saturated carbocycles. The fourth-order valence-electron chi connectivity index (χ4n) is 2.16. The monoisotopic (exact) mass is 315 g/mol. The van der Waals surface area contributed by atoms with Crippen LogP contribution < -0.4 is 5.32 Å². The molecule has 0 unspecified atom stereocenters. The van der Waals surface area contributed by atoms with Gasteiger partial charge in [0, 0.05) is 13.0 Å². The molecule has 0 aliphatic rings. The summed E-state index contributed by atoms with van der Waals surface area (Å²) < 4.78 is 13.7. The highest BCUT2D eigenvalue weighted by molar-refractivity contribution is 6.31. The molecule has 0 aromatic heterocycles. The Labute approximate surface area is 128 Å². The van der Waals surface area contributed by atoms with Crippen LogP contribution in [0.15, 0.2) is 18.2 Å². The van der Waals surface area contributed by atoms with Gasteiger partial charge in [-0.3, -0.25) is 9.59 Å². The van der Waals surface area contributed by atoms with E-state index >= 15 is 0 Å². The number of carbonyl (C=O) groups excluding carboxylic acids is 1. The third-order valence-corrected chi connectivity index (χ3v) is 3.31. The van der Waals surface area contributed by atoms with Gasteiger partial charge in [0.1, 0.15) is 0 Å². The van der Waals surface area contributed by atoms with Crippen molar-refractivity contribution >= 4 is 23.5 Å². The molecule has 6 heteroatoms. The van der Waals surface area contributed by atoms with Gasteiger partial charge in [-0.25, -0.2) is 4.39 Å². The molecule has 1 rings (SSSR count). The summed E-state index contributed by atoms with van der Waals surface area (Å²) in [5.41, 5.74) is -0.138. The van der Waals surface area contributed by atoms with Gasteiger partial charge < -0.3 is 10.4 Å². The van der Waals surface area contributed by atoms with Crippen LogP contribution in [0.4, 0.5) is 4.39 Å². The number of hydrogen-bond donors (Lipinski definition) is 2. The second kappa shape index (κ2) is 7.98. The van der Waals surface area contributed by atoms with Gasteiger partial charge in [-0.2, -0.15) is 0 Å². The highest BCUT2D eigenvalue weighted by atomic mass is 35.5. The average molecular weight is 316 g/mol. The molecule has 0 spiro atoms. The standard InChI is InChI=1S/C15H19ClFNO3/c1-9(2)6-10(7-13(19)20)8-18-15(21)11-4-3-5-12(16)14(11)17/h3-5,9-10H,6-8H2,1-2H3,(H,18,21)(H,19,20)/t10-/m0/s1. The van der Waals surface area contributed by atoms with Crippen LogP contribution in [0.2, 0.25) is 5.02 Å². The maximum atomic E-state index is 13.7. The van der Waals surface area contributed by atoms with Gasteiger partial charge in [0.05, 0.1) is 10.6 Å². The van der Waals surface area contributed by atoms with E-state index in [2.05, 4.69) is 5.32 Å². The lowest BCUT2D eigenvalue weighted by Crippen LogP contribution is -2.31. The normalized spacial score (nSPS) is 12.2. The van der Waals surface area contributed by atoms with Gasteiger partial charge in [-0.1, -0.05) is 31.5 Å². The first-order valence-corrected chi connectivity index (χ1v) is 7.13. The summed E-state index contributed by atoms with van der Waals surface area (Å²) in [6.07, 6.45) is 0.640. The van der Waals surface area contributed by atoms with E-state index in [0.717, 1.165) is 0 Å². The van der Waals surface area contributed by atoms with E-state index in [9.17, 15) is 14.0 Å². The predicted molar refractivity (Wildman–Crippen MR) is 78.9 cm³/mol. The van der Waals surface area contributed by atoms with Crippen molar-refractivity contribution in [3.05, 3.63) is 34.6 Å². The molecule has 1 amide bonds. The molecule has 1 aromatic carbocycles. The average Bonchev–Trinajstić information content (AvgIpc) is 2.37. The maximum Gasteiger partial charge on any atom is 0.303 e. The topological polar surface area (TPSA) is 66.4 Å². The summed E-state index contributed by atoms with van der Waals surface area (Å²) in [5.74, 6) is -2.14. The predicted octanol–water partition coefficient (Wildman–Crippen LogP) is 3.35. The van der Waals surface area contributed by atoms with Crippen molar-refractivity contribution in [1.29, 1.82) is 0 Å². The number of hydrogen-bond acceptors (Lipinski definition) is 2. The van der Waals surface area contributed by atoms with Crippen molar-refractivity contribution in [2.75, 3.05) is 6.54 Å². The molecule has 0 bridgehead atoms. The zero-order valence-electron chi connectivity index (χ0n) is 12.0. The lowest BCUT2D eigenvalue weighted by atomic mass is 9.94. The lowest BCUT2D eigenvalue weighted by Gasteiger charge is -2.18. The molecule has 0 radical (unpaired) electrons. The number of halogens is 2. The van der Waals surface area contributed by atoms with Crippen LogP contribution in [0, 0.1) is 17.7 Å². The Morgan fingerprint density at radius 2 is 2.05 bits per heavy atom. The second-order valence-corrected chi connectivity index (χ2v) is 5.81. The van der Waals surface area contributed by atoms with Crippen LogP contribution in [0.1, 0.15) is 37.0 Å². The first-order chi connectivity index (χ1) is 9.81. The Morgan fingerprint density at radius 3 is 2.62 bits per heavy atom. The van der Waals surface area contributed by atoms with E-state index in [0.29, 0.717) is 12.3 Å². The Bertz CT molecular complexity index is 520. The summed E-state index contributed by atoms with van der Waals surface area (Å²) in [7, 11) is 0. The molecule has 0 heterocycles. The minimum atomic E-state index is -0.913. The minimum absolute atomic E-state index is 0.0313. The molecule has 1 aromatic rings. The summed E-state index contributed by atoms with van der Waals surface area (Å²) in [4.78, 5) is 22.8. The number of rotatable bonds is 7. The maximum absolute atomic E-state index is 13.7. The Hall–Kier alpha value is -1.62. The highest BCUT2D eigenvalue weighted by Crippen LogP contribution is 2.18. The SMILES string of the molecule is CC(C)C[C@H](CNC(=O)c1cccc(Cl)c1F)CC(=O)O. The molecule has 0 aliphatic carbocycles. The molecule has 116 valence electrons. The van der Waals surface area contributed by atoms with Gasteiger partial charge in [0.2, 0.25) is 0 Å². The number of nitrogens with one attached hydrogen (secondary N) is 1. The van der Waals surface area contributed by atoms with Crippen LogP contribution in [-0.2, 0) is 4.79 Å². The lowest BCUT2D eigenvalue weighted by molar-refractivity contribution is -0.138. The van der Waals surface area contributed by atoms with E-state index < -0.39 is 17.7 Å². The summed E-state index contributed by atoms with van der Waals surface area (Å²) in [6.45, 7) is 4.15. The van der Waals surface area contributed by atoms with Crippen molar-refractivity contribution in [3.8, 4) is 0 Å². The van der Waals surface area contributed by atoms with Gasteiger partial charge in [-0.15, -0.1) is 0 Å². The molecule has 0 saturated heterocycles. The van der Waals surface area contributed by atoms with E-state index in [1.165, 1.54) is 18.2 Å². The fraction of sp³-hybridized carbons (Fsp3) is 0.467. The van der Waals surface area contributed by atoms with Gasteiger partial charge in [0.15, 0.2) is 5.82 Å². The van der Waals surface area contributed by atoms with Gasteiger partial charge in [0.25, 0.3) is 5.91 Å². The summed E-state index contributed by atoms with van der Waals surface area (Å²) in [6, 6.07) is 4.19. The smallest absolute Gasteiger partial charge is 0.303 e. The molecule has 2 N–H and O–H groups in total. The molecule has 21 heavy (non-hydrogen) atoms. The van der Waals surface area contributed by atoms with Crippen molar-refractivity contribution in [1.82, 2.24) is 5.32 Å². The van der Waals surface area contributed by atoms with Crippen LogP contribution >= 0.6 is 11.6 Å². The Morgan fingerprint density at radius 1 is 1.38 bits per heavy atom. The summed E-state index contributed by atoms with van der Waals surface area (Å²) >= 11 is 5.63. The van der Waals surface area contributed by atoms with Crippen LogP contribution in [0.3, 0.4) is 0 Å². The second-order valence-electron chi connectivity index (χ2n) is 5.40. The van der Waals surface area contributed by atoms with Crippen molar-refractivity contribution in [2.24, 2.45) is 11.8 Å². The van der Waals surface area contributed by atoms with E-state index in [1.54, 1.807) is 0 Å². The van der Waals surface area contributed by atoms with Crippen molar-refractivity contribution < 1.29 is 19.1 Å². The van der Waals surface area contributed by atoms with Crippen LogP contribution in [0.5, 0.6) is 0 Å². The quantitative estimate of drug-likeness (QED) is 0.811. The molecular formula is C15H19ClFNO3. The number of benzene rings is 1. The Balaban J connectivity index is 2.68. The first kappa shape index (κ1) is 17.4. The van der Waals surface area contributed by atoms with Gasteiger partial charge >= 0.3 is 5.97 Å². The largest absolute Gasteiger partial charge is 0.481 e. The van der Waals surface area contributed by atoms with Crippen molar-refractivity contribution in [2.45, 2.75) is 26.7 Å². The van der Waals surface area contributed by atoms with Gasteiger partial charge in [-0.05, 0) is 30.4 Å². The molecular weight excluding hydrogens is 297 g/mol. The van der Waals surface area contributed by atoms with Crippen LogP contribution in [0.25, 0.3) is 0 Å². The van der Waals surface area contributed by atoms with Crippen molar-refractivity contribution in [3.63, 3.8) is 0 Å². The van der Waals surface area contributed by atoms with E-state index in [-0.39, 0.29) is 29.5 Å². The third kappa shape index (κ3) is 5.71. The highest BCUT2D eigenvalue weighted by Gasteiger charge is 2.18. The number of carbonyl (C=O) groups is 2. The van der Waals surface area contributed by atoms with E-state index in [4.69, 9.17) is 16.7 Å². The molecule has 4 nitrogen and oxygen atoms in total. The first-order valence-electron chi connectivity index (χ1n) is 6.75. The number of aliphatic carboxylic acids is 1. The zero-order chi connectivity index (χ0) is 16.0. The molecule has 0 aliphatic heterocycles. The van der Waals surface area contributed by atoms with E-state index in [1.807, 2.05) is 13.8 Å².